The van der Waals surface area contributed by atoms with Gasteiger partial charge in [-0.3, -0.25) is 14.2 Å². The van der Waals surface area contributed by atoms with Gasteiger partial charge in [-0.05, 0) is 35.8 Å². The quantitative estimate of drug-likeness (QED) is 0.653. The number of benzene rings is 2. The summed E-state index contributed by atoms with van der Waals surface area (Å²) in [5.41, 5.74) is 1.79. The van der Waals surface area contributed by atoms with Crippen LogP contribution in [-0.4, -0.2) is 10.4 Å². The number of nitrogens with zero attached hydrogens (tertiary/aromatic N) is 2. The number of rotatable bonds is 4. The minimum Gasteiger partial charge on any atom is -0.293 e. The van der Waals surface area contributed by atoms with Gasteiger partial charge in [0.15, 0.2) is 5.78 Å². The van der Waals surface area contributed by atoms with E-state index in [1.54, 1.807) is 32.9 Å². The van der Waals surface area contributed by atoms with Gasteiger partial charge in [-0.25, -0.2) is 0 Å². The number of aryl methyl sites for hydroxylation is 1. The van der Waals surface area contributed by atoms with Crippen LogP contribution in [0, 0.1) is 16.7 Å². The number of hydrogen-bond donors (Lipinski definition) is 0. The van der Waals surface area contributed by atoms with Crippen molar-refractivity contribution in [1.82, 2.24) is 4.57 Å². The third-order valence-electron chi connectivity index (χ3n) is 4.76. The molecule has 0 N–H and O–H groups in total. The molecule has 0 radical (unpaired) electrons. The Bertz CT molecular complexity index is 1280. The summed E-state index contributed by atoms with van der Waals surface area (Å²) in [4.78, 5) is 26.3. The average molecular weight is 417 g/mol. The third-order valence-corrected chi connectivity index (χ3v) is 5.85. The second kappa shape index (κ2) is 8.64. The summed E-state index contributed by atoms with van der Waals surface area (Å²) < 4.78 is 2.32. The highest BCUT2D eigenvalue weighted by molar-refractivity contribution is 7.07. The van der Waals surface area contributed by atoms with Crippen LogP contribution in [0.2, 0.25) is 0 Å². The van der Waals surface area contributed by atoms with Gasteiger partial charge in [-0.15, -0.1) is 11.3 Å². The standard InChI is InChI=1S/C25H24N2O2S/c1-5-17-11-13-18(14-12-17)15-21-23(29)27(19-9-7-6-8-10-19)24(30-21)20(16-26)22(28)25(2,3)4/h6-15H,5H2,1-4H3/b21-15-,24-20-. The molecule has 0 amide bonds. The molecule has 30 heavy (non-hydrogen) atoms. The number of carbonyl (C=O) groups excluding carboxylic acids is 1. The lowest BCUT2D eigenvalue weighted by Gasteiger charge is -2.15. The first-order valence-corrected chi connectivity index (χ1v) is 10.6. The van der Waals surface area contributed by atoms with Crippen molar-refractivity contribution >= 4 is 28.8 Å². The lowest BCUT2D eigenvalue weighted by Crippen LogP contribution is -2.33. The van der Waals surface area contributed by atoms with Crippen molar-refractivity contribution < 1.29 is 4.79 Å². The topological polar surface area (TPSA) is 62.9 Å². The van der Waals surface area contributed by atoms with Crippen molar-refractivity contribution in [2.24, 2.45) is 5.41 Å². The molecule has 2 aromatic carbocycles. The molecule has 5 heteroatoms. The highest BCUT2D eigenvalue weighted by Crippen LogP contribution is 2.20. The summed E-state index contributed by atoms with van der Waals surface area (Å²) in [6.07, 6.45) is 2.76. The molecule has 0 bridgehead atoms. The Morgan fingerprint density at radius 1 is 1.10 bits per heavy atom. The van der Waals surface area contributed by atoms with Crippen molar-refractivity contribution in [2.75, 3.05) is 0 Å². The van der Waals surface area contributed by atoms with Gasteiger partial charge in [0.1, 0.15) is 16.3 Å². The molecule has 0 spiro atoms. The van der Waals surface area contributed by atoms with Crippen molar-refractivity contribution in [1.29, 1.82) is 5.26 Å². The Balaban J connectivity index is 2.37. The maximum absolute atomic E-state index is 13.3. The molecule has 0 saturated heterocycles. The maximum Gasteiger partial charge on any atom is 0.273 e. The summed E-state index contributed by atoms with van der Waals surface area (Å²) in [6.45, 7) is 7.41. The molecule has 3 aromatic rings. The fourth-order valence-electron chi connectivity index (χ4n) is 3.03. The molecule has 4 nitrogen and oxygen atoms in total. The average Bonchev–Trinajstić information content (AvgIpc) is 3.05. The monoisotopic (exact) mass is 416 g/mol. The molecule has 1 heterocycles. The largest absolute Gasteiger partial charge is 0.293 e. The number of ketones is 1. The van der Waals surface area contributed by atoms with Gasteiger partial charge >= 0.3 is 0 Å². The molecule has 0 unspecified atom stereocenters. The normalized spacial score (nSPS) is 13.1. The van der Waals surface area contributed by atoms with Crippen molar-refractivity contribution in [3.05, 3.63) is 85.3 Å². The second-order valence-electron chi connectivity index (χ2n) is 8.05. The molecule has 152 valence electrons. The van der Waals surface area contributed by atoms with Crippen molar-refractivity contribution in [3.63, 3.8) is 0 Å². The Morgan fingerprint density at radius 3 is 2.27 bits per heavy atom. The van der Waals surface area contributed by atoms with E-state index in [9.17, 15) is 14.9 Å². The Labute approximate surface area is 180 Å². The lowest BCUT2D eigenvalue weighted by molar-refractivity contribution is -0.120. The first-order valence-electron chi connectivity index (χ1n) is 9.83. The SMILES string of the molecule is CCc1ccc(/C=c2\s/c(=C(/C#N)C(=O)C(C)(C)C)n(-c3ccccc3)c2=O)cc1. The van der Waals surface area contributed by atoms with Crippen LogP contribution < -0.4 is 14.8 Å². The Kier molecular flexibility index (Phi) is 6.19. The first kappa shape index (κ1) is 21.5. The molecule has 1 aromatic heterocycles. The Morgan fingerprint density at radius 2 is 1.73 bits per heavy atom. The van der Waals surface area contributed by atoms with E-state index in [1.807, 2.05) is 48.5 Å². The van der Waals surface area contributed by atoms with Gasteiger partial charge in [-0.2, -0.15) is 5.26 Å². The van der Waals surface area contributed by atoms with Gasteiger partial charge in [0.25, 0.3) is 5.56 Å². The number of hydrogen-bond acceptors (Lipinski definition) is 4. The van der Waals surface area contributed by atoms with Crippen LogP contribution in [-0.2, 0) is 11.2 Å². The van der Waals surface area contributed by atoms with E-state index in [4.69, 9.17) is 0 Å². The highest BCUT2D eigenvalue weighted by Gasteiger charge is 2.27. The maximum atomic E-state index is 13.3. The number of nitriles is 1. The summed E-state index contributed by atoms with van der Waals surface area (Å²) >= 11 is 1.18. The van der Waals surface area contributed by atoms with Crippen LogP contribution in [0.4, 0.5) is 0 Å². The second-order valence-corrected chi connectivity index (χ2v) is 9.08. The molecule has 0 aliphatic carbocycles. The summed E-state index contributed by atoms with van der Waals surface area (Å²) in [5.74, 6) is -0.283. The van der Waals surface area contributed by atoms with E-state index in [2.05, 4.69) is 13.0 Å². The smallest absolute Gasteiger partial charge is 0.273 e. The zero-order valence-electron chi connectivity index (χ0n) is 17.6. The van der Waals surface area contributed by atoms with Crippen LogP contribution in [0.25, 0.3) is 17.3 Å². The van der Waals surface area contributed by atoms with E-state index in [0.29, 0.717) is 14.9 Å². The zero-order chi connectivity index (χ0) is 21.9. The zero-order valence-corrected chi connectivity index (χ0v) is 18.4. The van der Waals surface area contributed by atoms with E-state index in [0.717, 1.165) is 12.0 Å². The van der Waals surface area contributed by atoms with Gasteiger partial charge in [0, 0.05) is 5.41 Å². The molecule has 0 saturated carbocycles. The first-order chi connectivity index (χ1) is 14.3. The lowest BCUT2D eigenvalue weighted by atomic mass is 9.87. The molecule has 0 atom stereocenters. The fraction of sp³-hybridized carbons (Fsp3) is 0.240. The van der Waals surface area contributed by atoms with Gasteiger partial charge in [0.05, 0.1) is 10.2 Å². The molecular weight excluding hydrogens is 392 g/mol. The van der Waals surface area contributed by atoms with E-state index in [-0.39, 0.29) is 16.9 Å². The van der Waals surface area contributed by atoms with Crippen LogP contribution in [0.1, 0.15) is 38.8 Å². The molecule has 3 rings (SSSR count). The predicted octanol–water partition coefficient (Wildman–Crippen LogP) is 3.58. The number of thiazole rings is 1. The van der Waals surface area contributed by atoms with Gasteiger partial charge in [0.2, 0.25) is 0 Å². The Hall–Kier alpha value is -3.23. The third kappa shape index (κ3) is 4.34. The van der Waals surface area contributed by atoms with Gasteiger partial charge < -0.3 is 0 Å². The fourth-order valence-corrected chi connectivity index (χ4v) is 4.14. The summed E-state index contributed by atoms with van der Waals surface area (Å²) in [7, 11) is 0. The summed E-state index contributed by atoms with van der Waals surface area (Å²) in [6, 6.07) is 19.2. The summed E-state index contributed by atoms with van der Waals surface area (Å²) in [5, 5.41) is 9.81. The number of carbonyl (C=O) groups is 1. The highest BCUT2D eigenvalue weighted by atomic mass is 32.1. The molecular formula is C25H24N2O2S. The predicted molar refractivity (Wildman–Crippen MR) is 122 cm³/mol. The minimum absolute atomic E-state index is 0.00874. The molecule has 0 aliphatic heterocycles. The van der Waals surface area contributed by atoms with Crippen LogP contribution >= 0.6 is 11.3 Å². The van der Waals surface area contributed by atoms with Crippen LogP contribution in [0.5, 0.6) is 0 Å². The van der Waals surface area contributed by atoms with Gasteiger partial charge in [-0.1, -0.05) is 70.2 Å². The minimum atomic E-state index is -0.730. The molecule has 0 fully saturated rings. The molecule has 0 aliphatic rings. The van der Waals surface area contributed by atoms with Crippen molar-refractivity contribution in [3.8, 4) is 11.8 Å². The number of para-hydroxylation sites is 1. The number of aromatic nitrogens is 1. The van der Waals surface area contributed by atoms with Crippen LogP contribution in [0.15, 0.2) is 59.4 Å². The van der Waals surface area contributed by atoms with Crippen LogP contribution in [0.3, 0.4) is 0 Å². The van der Waals surface area contributed by atoms with Crippen molar-refractivity contribution in [2.45, 2.75) is 34.1 Å². The van der Waals surface area contributed by atoms with E-state index in [1.165, 1.54) is 21.5 Å². The van der Waals surface area contributed by atoms with E-state index >= 15 is 0 Å². The number of Topliss-reactive ketones (excluding diaryl/α,β-unsaturated/α-hetero) is 1. The van der Waals surface area contributed by atoms with E-state index < -0.39 is 5.41 Å².